The van der Waals surface area contributed by atoms with Gasteiger partial charge in [0.05, 0.1) is 4.70 Å². The summed E-state index contributed by atoms with van der Waals surface area (Å²) in [6.07, 6.45) is 0.971. The van der Waals surface area contributed by atoms with Crippen molar-refractivity contribution < 1.29 is 4.39 Å². The van der Waals surface area contributed by atoms with Crippen LogP contribution >= 0.6 is 11.5 Å². The first-order chi connectivity index (χ1) is 15.0. The van der Waals surface area contributed by atoms with Gasteiger partial charge in [0.2, 0.25) is 0 Å². The fraction of sp³-hybridized carbons (Fsp3) is 0.333. The summed E-state index contributed by atoms with van der Waals surface area (Å²) in [5.41, 5.74) is 4.02. The van der Waals surface area contributed by atoms with Gasteiger partial charge in [0.1, 0.15) is 11.6 Å². The van der Waals surface area contributed by atoms with E-state index in [4.69, 9.17) is 0 Å². The molecule has 2 aromatic carbocycles. The Balaban J connectivity index is 1.24. The number of pyridine rings is 1. The fourth-order valence-electron chi connectivity index (χ4n) is 4.37. The number of hydrogen-bond donors (Lipinski definition) is 1. The molecule has 4 aromatic rings. The van der Waals surface area contributed by atoms with Crippen LogP contribution in [0, 0.1) is 19.7 Å². The van der Waals surface area contributed by atoms with Gasteiger partial charge in [0.15, 0.2) is 0 Å². The SMILES string of the molecule is Cc1c(C)c2cc(CCN3CCN(c4nsc5c(F)cccc45)CC3)ccc2[nH]c1=O. The van der Waals surface area contributed by atoms with E-state index in [2.05, 4.69) is 31.3 Å². The molecule has 1 fully saturated rings. The van der Waals surface area contributed by atoms with Crippen LogP contribution in [0.4, 0.5) is 10.2 Å². The number of aryl methyl sites for hydroxylation is 1. The highest BCUT2D eigenvalue weighted by molar-refractivity contribution is 7.13. The highest BCUT2D eigenvalue weighted by Gasteiger charge is 2.21. The molecular formula is C24H25FN4OS. The Morgan fingerprint density at radius 3 is 2.68 bits per heavy atom. The molecule has 1 N–H and O–H groups in total. The second kappa shape index (κ2) is 8.05. The maximum atomic E-state index is 14.0. The van der Waals surface area contributed by atoms with Crippen LogP contribution in [-0.4, -0.2) is 47.0 Å². The smallest absolute Gasteiger partial charge is 0.251 e. The standard InChI is InChI=1S/C24H25FN4OS/c1-15-16(2)24(30)26-21-7-6-17(14-19(15)21)8-9-28-10-12-29(13-11-28)23-18-4-3-5-20(25)22(18)31-27-23/h3-7,14H,8-13H2,1-2H3,(H,26,30). The number of nitrogens with one attached hydrogen (secondary N) is 1. The minimum absolute atomic E-state index is 0.00810. The first kappa shape index (κ1) is 20.2. The zero-order chi connectivity index (χ0) is 21.5. The molecule has 0 unspecified atom stereocenters. The first-order valence-electron chi connectivity index (χ1n) is 10.6. The topological polar surface area (TPSA) is 52.2 Å². The van der Waals surface area contributed by atoms with Gasteiger partial charge in [-0.3, -0.25) is 9.69 Å². The second-order valence-corrected chi connectivity index (χ2v) is 9.06. The Kier molecular flexibility index (Phi) is 5.24. The number of piperazine rings is 1. The summed E-state index contributed by atoms with van der Waals surface area (Å²) in [6.45, 7) is 8.61. The summed E-state index contributed by atoms with van der Waals surface area (Å²) in [4.78, 5) is 19.7. The maximum Gasteiger partial charge on any atom is 0.251 e. The molecule has 0 saturated carbocycles. The van der Waals surface area contributed by atoms with Crippen LogP contribution in [0.25, 0.3) is 21.0 Å². The van der Waals surface area contributed by atoms with E-state index in [9.17, 15) is 9.18 Å². The Morgan fingerprint density at radius 1 is 1.06 bits per heavy atom. The van der Waals surface area contributed by atoms with Gasteiger partial charge >= 0.3 is 0 Å². The van der Waals surface area contributed by atoms with Gasteiger partial charge in [-0.25, -0.2) is 4.39 Å². The number of halogens is 1. The van der Waals surface area contributed by atoms with Crippen LogP contribution in [0.3, 0.4) is 0 Å². The summed E-state index contributed by atoms with van der Waals surface area (Å²) in [7, 11) is 0. The molecule has 0 radical (unpaired) electrons. The molecule has 1 saturated heterocycles. The van der Waals surface area contributed by atoms with Gasteiger partial charge in [0, 0.05) is 54.6 Å². The summed E-state index contributed by atoms with van der Waals surface area (Å²) < 4.78 is 19.2. The monoisotopic (exact) mass is 436 g/mol. The molecule has 3 heterocycles. The maximum absolute atomic E-state index is 14.0. The predicted octanol–water partition coefficient (Wildman–Crippen LogP) is 4.26. The largest absolute Gasteiger partial charge is 0.353 e. The average Bonchev–Trinajstić information content (AvgIpc) is 3.22. The molecule has 0 spiro atoms. The Hall–Kier alpha value is -2.77. The normalized spacial score (nSPS) is 15.3. The lowest BCUT2D eigenvalue weighted by molar-refractivity contribution is 0.261. The fourth-order valence-corrected chi connectivity index (χ4v) is 5.17. The molecule has 160 valence electrons. The summed E-state index contributed by atoms with van der Waals surface area (Å²) in [5.74, 6) is 0.721. The number of benzene rings is 2. The Morgan fingerprint density at radius 2 is 1.87 bits per heavy atom. The number of fused-ring (bicyclic) bond motifs is 2. The number of anilines is 1. The minimum Gasteiger partial charge on any atom is -0.353 e. The van der Waals surface area contributed by atoms with Crippen molar-refractivity contribution in [1.29, 1.82) is 0 Å². The number of nitrogens with zero attached hydrogens (tertiary/aromatic N) is 3. The van der Waals surface area contributed by atoms with Crippen molar-refractivity contribution in [2.45, 2.75) is 20.3 Å². The van der Waals surface area contributed by atoms with Crippen LogP contribution < -0.4 is 10.5 Å². The molecule has 0 atom stereocenters. The van der Waals surface area contributed by atoms with Crippen LogP contribution in [0.5, 0.6) is 0 Å². The van der Waals surface area contributed by atoms with Crippen LogP contribution in [0.2, 0.25) is 0 Å². The van der Waals surface area contributed by atoms with Gasteiger partial charge < -0.3 is 9.88 Å². The molecule has 0 amide bonds. The first-order valence-corrected chi connectivity index (χ1v) is 11.4. The molecule has 1 aliphatic heterocycles. The molecule has 7 heteroatoms. The lowest BCUT2D eigenvalue weighted by Crippen LogP contribution is -2.47. The van der Waals surface area contributed by atoms with Gasteiger partial charge in [-0.1, -0.05) is 12.1 Å². The molecule has 5 nitrogen and oxygen atoms in total. The Bertz CT molecular complexity index is 1320. The second-order valence-electron chi connectivity index (χ2n) is 8.29. The van der Waals surface area contributed by atoms with Crippen molar-refractivity contribution in [3.8, 4) is 0 Å². The highest BCUT2D eigenvalue weighted by atomic mass is 32.1. The number of aromatic amines is 1. The molecule has 0 aliphatic carbocycles. The quantitative estimate of drug-likeness (QED) is 0.519. The van der Waals surface area contributed by atoms with Crippen molar-refractivity contribution in [2.75, 3.05) is 37.6 Å². The van der Waals surface area contributed by atoms with E-state index in [1.54, 1.807) is 6.07 Å². The van der Waals surface area contributed by atoms with Crippen LogP contribution in [0.15, 0.2) is 41.2 Å². The number of H-pyrrole nitrogens is 1. The highest BCUT2D eigenvalue weighted by Crippen LogP contribution is 2.31. The van der Waals surface area contributed by atoms with E-state index in [0.717, 1.165) is 72.4 Å². The Labute approximate surface area is 184 Å². The average molecular weight is 437 g/mol. The number of aromatic nitrogens is 2. The molecule has 2 aromatic heterocycles. The van der Waals surface area contributed by atoms with Gasteiger partial charge in [0.25, 0.3) is 5.56 Å². The lowest BCUT2D eigenvalue weighted by Gasteiger charge is -2.35. The van der Waals surface area contributed by atoms with Gasteiger partial charge in [-0.05, 0) is 67.2 Å². The van der Waals surface area contributed by atoms with E-state index < -0.39 is 0 Å². The molecular weight excluding hydrogens is 411 g/mol. The van der Waals surface area contributed by atoms with E-state index in [1.807, 2.05) is 26.0 Å². The van der Waals surface area contributed by atoms with Crippen molar-refractivity contribution in [3.63, 3.8) is 0 Å². The lowest BCUT2D eigenvalue weighted by atomic mass is 10.0. The van der Waals surface area contributed by atoms with Crippen molar-refractivity contribution in [2.24, 2.45) is 0 Å². The molecule has 0 bridgehead atoms. The van der Waals surface area contributed by atoms with E-state index in [1.165, 1.54) is 23.2 Å². The van der Waals surface area contributed by atoms with Crippen molar-refractivity contribution in [1.82, 2.24) is 14.3 Å². The van der Waals surface area contributed by atoms with Crippen molar-refractivity contribution in [3.05, 3.63) is 69.3 Å². The third-order valence-electron chi connectivity index (χ3n) is 6.46. The number of hydrogen-bond acceptors (Lipinski definition) is 5. The van der Waals surface area contributed by atoms with Gasteiger partial charge in [-0.2, -0.15) is 4.37 Å². The van der Waals surface area contributed by atoms with E-state index >= 15 is 0 Å². The summed E-state index contributed by atoms with van der Waals surface area (Å²) in [5, 5.41) is 2.04. The summed E-state index contributed by atoms with van der Waals surface area (Å²) in [6, 6.07) is 11.5. The predicted molar refractivity (Wildman–Crippen MR) is 126 cm³/mol. The zero-order valence-electron chi connectivity index (χ0n) is 17.7. The van der Waals surface area contributed by atoms with E-state index in [-0.39, 0.29) is 11.4 Å². The third kappa shape index (κ3) is 3.72. The third-order valence-corrected chi connectivity index (χ3v) is 7.32. The summed E-state index contributed by atoms with van der Waals surface area (Å²) >= 11 is 1.24. The minimum atomic E-state index is -0.190. The van der Waals surface area contributed by atoms with Crippen LogP contribution in [0.1, 0.15) is 16.7 Å². The van der Waals surface area contributed by atoms with E-state index in [0.29, 0.717) is 4.70 Å². The number of rotatable bonds is 4. The molecule has 1 aliphatic rings. The van der Waals surface area contributed by atoms with Crippen LogP contribution in [-0.2, 0) is 6.42 Å². The molecule has 31 heavy (non-hydrogen) atoms. The van der Waals surface area contributed by atoms with Crippen molar-refractivity contribution >= 4 is 38.3 Å². The molecule has 5 rings (SSSR count). The zero-order valence-corrected chi connectivity index (χ0v) is 18.6. The van der Waals surface area contributed by atoms with Gasteiger partial charge in [-0.15, -0.1) is 0 Å².